The molecular weight excluding hydrogens is 386 g/mol. The van der Waals surface area contributed by atoms with Gasteiger partial charge in [0.05, 0.1) is 24.5 Å². The number of nitrogens with zero attached hydrogens (tertiary/aromatic N) is 4. The fourth-order valence-corrected chi connectivity index (χ4v) is 3.92. The Hall–Kier alpha value is -3.07. The van der Waals surface area contributed by atoms with Gasteiger partial charge in [-0.1, -0.05) is 30.3 Å². The van der Waals surface area contributed by atoms with Gasteiger partial charge < -0.3 is 15.0 Å². The SMILES string of the molecule is Cn1ncc2c1[C@@H](CNC(=O)OC(C)(C)C)N1C[C@H]2N(OCc2ccccc2)C1=O. The highest BCUT2D eigenvalue weighted by Crippen LogP contribution is 2.43. The van der Waals surface area contributed by atoms with Crippen LogP contribution in [0.1, 0.15) is 49.7 Å². The number of benzene rings is 1. The van der Waals surface area contributed by atoms with Crippen molar-refractivity contribution in [3.63, 3.8) is 0 Å². The second-order valence-electron chi connectivity index (χ2n) is 8.54. The van der Waals surface area contributed by atoms with Crippen molar-refractivity contribution >= 4 is 12.1 Å². The van der Waals surface area contributed by atoms with Crippen LogP contribution < -0.4 is 5.32 Å². The summed E-state index contributed by atoms with van der Waals surface area (Å²) in [6.45, 7) is 6.43. The molecule has 0 unspecified atom stereocenters. The molecule has 3 heterocycles. The predicted octanol–water partition coefficient (Wildman–Crippen LogP) is 2.91. The predicted molar refractivity (Wildman–Crippen MR) is 108 cm³/mol. The highest BCUT2D eigenvalue weighted by Gasteiger charge is 2.50. The minimum absolute atomic E-state index is 0.219. The fourth-order valence-electron chi connectivity index (χ4n) is 3.92. The fraction of sp³-hybridized carbons (Fsp3) is 0.476. The van der Waals surface area contributed by atoms with Gasteiger partial charge in [0, 0.05) is 19.2 Å². The van der Waals surface area contributed by atoms with E-state index in [1.54, 1.807) is 15.8 Å². The van der Waals surface area contributed by atoms with E-state index < -0.39 is 11.7 Å². The molecular formula is C21H27N5O4. The van der Waals surface area contributed by atoms with Gasteiger partial charge in [0.2, 0.25) is 0 Å². The molecule has 2 aromatic rings. The number of hydroxylamine groups is 2. The molecule has 2 aliphatic rings. The summed E-state index contributed by atoms with van der Waals surface area (Å²) in [4.78, 5) is 32.9. The molecule has 1 aromatic carbocycles. The van der Waals surface area contributed by atoms with Gasteiger partial charge in [-0.2, -0.15) is 10.2 Å². The zero-order valence-electron chi connectivity index (χ0n) is 17.7. The van der Waals surface area contributed by atoms with Gasteiger partial charge in [0.25, 0.3) is 0 Å². The summed E-state index contributed by atoms with van der Waals surface area (Å²) in [7, 11) is 1.84. The van der Waals surface area contributed by atoms with Gasteiger partial charge in [-0.3, -0.25) is 9.52 Å². The third kappa shape index (κ3) is 3.85. The Labute approximate surface area is 175 Å². The van der Waals surface area contributed by atoms with Crippen LogP contribution in [-0.4, -0.2) is 50.6 Å². The summed E-state index contributed by atoms with van der Waals surface area (Å²) in [5.41, 5.74) is 2.21. The molecule has 9 heteroatoms. The smallest absolute Gasteiger partial charge is 0.407 e. The number of aromatic nitrogens is 2. The molecule has 0 spiro atoms. The van der Waals surface area contributed by atoms with Gasteiger partial charge in [0.15, 0.2) is 0 Å². The van der Waals surface area contributed by atoms with E-state index in [0.29, 0.717) is 13.2 Å². The maximum atomic E-state index is 13.1. The monoisotopic (exact) mass is 413 g/mol. The summed E-state index contributed by atoms with van der Waals surface area (Å²) in [6.07, 6.45) is 1.26. The number of urea groups is 1. The molecule has 2 bridgehead atoms. The third-order valence-electron chi connectivity index (χ3n) is 5.20. The van der Waals surface area contributed by atoms with Crippen LogP contribution >= 0.6 is 0 Å². The number of hydrogen-bond donors (Lipinski definition) is 1. The van der Waals surface area contributed by atoms with Gasteiger partial charge in [0.1, 0.15) is 18.2 Å². The minimum atomic E-state index is -0.592. The lowest BCUT2D eigenvalue weighted by atomic mass is 9.98. The highest BCUT2D eigenvalue weighted by atomic mass is 16.7. The van der Waals surface area contributed by atoms with E-state index in [1.807, 2.05) is 58.2 Å². The van der Waals surface area contributed by atoms with Crippen molar-refractivity contribution in [2.45, 2.75) is 45.1 Å². The van der Waals surface area contributed by atoms with Crippen LogP contribution in [0.5, 0.6) is 0 Å². The first-order valence-corrected chi connectivity index (χ1v) is 10.00. The van der Waals surface area contributed by atoms with Crippen molar-refractivity contribution < 1.29 is 19.2 Å². The van der Waals surface area contributed by atoms with E-state index in [4.69, 9.17) is 9.57 Å². The second kappa shape index (κ2) is 7.64. The van der Waals surface area contributed by atoms with E-state index in [9.17, 15) is 9.59 Å². The number of aryl methyl sites for hydroxylation is 1. The lowest BCUT2D eigenvalue weighted by Gasteiger charge is -2.31. The largest absolute Gasteiger partial charge is 0.444 e. The first-order valence-electron chi connectivity index (χ1n) is 10.00. The summed E-state index contributed by atoms with van der Waals surface area (Å²) in [5, 5.41) is 8.60. The standard InChI is InChI=1S/C21H27N5O4/c1-21(2,3)30-19(27)22-11-16-18-15(10-23-24(18)4)17-12-25(16)20(28)26(17)29-13-14-8-6-5-7-9-14/h5-10,16-17H,11-13H2,1-4H3,(H,22,27)/t16-,17-/m1/s1. The van der Waals surface area contributed by atoms with Crippen LogP contribution in [0, 0.1) is 0 Å². The molecule has 1 saturated heterocycles. The molecule has 9 nitrogen and oxygen atoms in total. The third-order valence-corrected chi connectivity index (χ3v) is 5.20. The number of hydrogen-bond acceptors (Lipinski definition) is 5. The summed E-state index contributed by atoms with van der Waals surface area (Å²) in [5.74, 6) is 0. The molecule has 1 fully saturated rings. The number of carbonyl (C=O) groups is 2. The molecule has 30 heavy (non-hydrogen) atoms. The van der Waals surface area contributed by atoms with Crippen LogP contribution in [-0.2, 0) is 23.2 Å². The lowest BCUT2D eigenvalue weighted by Crippen LogP contribution is -2.43. The topological polar surface area (TPSA) is 88.9 Å². The normalized spacial score (nSPS) is 20.3. The molecule has 1 aromatic heterocycles. The molecule has 0 radical (unpaired) electrons. The van der Waals surface area contributed by atoms with Crippen LogP contribution in [0.3, 0.4) is 0 Å². The first kappa shape index (κ1) is 20.2. The van der Waals surface area contributed by atoms with E-state index in [1.165, 1.54) is 5.06 Å². The van der Waals surface area contributed by atoms with Crippen molar-refractivity contribution in [1.29, 1.82) is 0 Å². The molecule has 3 amide bonds. The molecule has 1 N–H and O–H groups in total. The van der Waals surface area contributed by atoms with E-state index in [2.05, 4.69) is 10.4 Å². The summed E-state index contributed by atoms with van der Waals surface area (Å²) >= 11 is 0. The highest BCUT2D eigenvalue weighted by molar-refractivity contribution is 5.78. The molecule has 0 saturated carbocycles. The van der Waals surface area contributed by atoms with Crippen LogP contribution in [0.25, 0.3) is 0 Å². The minimum Gasteiger partial charge on any atom is -0.444 e. The number of carbonyl (C=O) groups excluding carboxylic acids is 2. The summed E-state index contributed by atoms with van der Waals surface area (Å²) in [6, 6.07) is 8.91. The lowest BCUT2D eigenvalue weighted by molar-refractivity contribution is -0.141. The molecule has 160 valence electrons. The molecule has 4 rings (SSSR count). The molecule has 2 aliphatic heterocycles. The molecule has 2 atom stereocenters. The Balaban J connectivity index is 1.52. The number of ether oxygens (including phenoxy) is 1. The maximum absolute atomic E-state index is 13.1. The van der Waals surface area contributed by atoms with Gasteiger partial charge in [-0.15, -0.1) is 0 Å². The average molecular weight is 413 g/mol. The zero-order valence-corrected chi connectivity index (χ0v) is 17.7. The van der Waals surface area contributed by atoms with Crippen molar-refractivity contribution in [3.8, 4) is 0 Å². The Bertz CT molecular complexity index is 937. The first-order chi connectivity index (χ1) is 14.2. The van der Waals surface area contributed by atoms with Gasteiger partial charge >= 0.3 is 12.1 Å². The van der Waals surface area contributed by atoms with E-state index in [-0.39, 0.29) is 24.7 Å². The van der Waals surface area contributed by atoms with Crippen LogP contribution in [0.15, 0.2) is 36.5 Å². The van der Waals surface area contributed by atoms with E-state index >= 15 is 0 Å². The van der Waals surface area contributed by atoms with Gasteiger partial charge in [-0.25, -0.2) is 9.59 Å². The number of alkyl carbamates (subject to hydrolysis) is 1. The Morgan fingerprint density at radius 2 is 2.00 bits per heavy atom. The maximum Gasteiger partial charge on any atom is 0.407 e. The number of rotatable bonds is 5. The van der Waals surface area contributed by atoms with Crippen molar-refractivity contribution in [3.05, 3.63) is 53.3 Å². The Morgan fingerprint density at radius 1 is 1.27 bits per heavy atom. The second-order valence-corrected chi connectivity index (χ2v) is 8.54. The summed E-state index contributed by atoms with van der Waals surface area (Å²) < 4.78 is 7.09. The van der Waals surface area contributed by atoms with Crippen molar-refractivity contribution in [2.75, 3.05) is 13.1 Å². The van der Waals surface area contributed by atoms with Crippen LogP contribution in [0.4, 0.5) is 9.59 Å². The van der Waals surface area contributed by atoms with Crippen molar-refractivity contribution in [2.24, 2.45) is 7.05 Å². The quantitative estimate of drug-likeness (QED) is 0.814. The van der Waals surface area contributed by atoms with Gasteiger partial charge in [-0.05, 0) is 26.3 Å². The average Bonchev–Trinajstić information content (AvgIpc) is 3.20. The zero-order chi connectivity index (χ0) is 21.5. The number of amides is 3. The van der Waals surface area contributed by atoms with Crippen molar-refractivity contribution in [1.82, 2.24) is 25.1 Å². The Kier molecular flexibility index (Phi) is 5.15. The van der Waals surface area contributed by atoms with E-state index in [0.717, 1.165) is 16.8 Å². The molecule has 0 aliphatic carbocycles. The number of nitrogens with one attached hydrogen (secondary N) is 1. The van der Waals surface area contributed by atoms with Crippen LogP contribution in [0.2, 0.25) is 0 Å². The number of fused-ring (bicyclic) bond motifs is 4. The Morgan fingerprint density at radius 3 is 2.70 bits per heavy atom.